The Morgan fingerprint density at radius 2 is 1.84 bits per heavy atom. The molecule has 1 aliphatic rings. The molecule has 12 nitrogen and oxygen atoms in total. The molecule has 2 aromatic rings. The van der Waals surface area contributed by atoms with Gasteiger partial charge in [-0.15, -0.1) is 11.3 Å². The summed E-state index contributed by atoms with van der Waals surface area (Å²) in [7, 11) is 8.40. The number of likely N-dealkylation sites (tertiary alicyclic amines) is 1. The molecule has 50 heavy (non-hydrogen) atoms. The zero-order chi connectivity index (χ0) is 37.0. The Labute approximate surface area is 302 Å². The fourth-order valence-corrected chi connectivity index (χ4v) is 7.36. The Morgan fingerprint density at radius 1 is 1.14 bits per heavy atom. The second-order valence-electron chi connectivity index (χ2n) is 13.8. The Hall–Kier alpha value is -3.33. The van der Waals surface area contributed by atoms with Crippen LogP contribution in [0.25, 0.3) is 0 Å². The molecule has 1 aliphatic heterocycles. The quantitative estimate of drug-likeness (QED) is 0.189. The van der Waals surface area contributed by atoms with Gasteiger partial charge in [0.2, 0.25) is 23.6 Å². The van der Waals surface area contributed by atoms with Crippen LogP contribution in [-0.2, 0) is 35.1 Å². The number of thiazole rings is 1. The van der Waals surface area contributed by atoms with Gasteiger partial charge in [0.05, 0.1) is 54.8 Å². The summed E-state index contributed by atoms with van der Waals surface area (Å²) in [6.45, 7) is 9.59. The second-order valence-corrected chi connectivity index (χ2v) is 14.7. The van der Waals surface area contributed by atoms with Crippen molar-refractivity contribution in [2.45, 2.75) is 103 Å². The first-order valence-corrected chi connectivity index (χ1v) is 18.3. The van der Waals surface area contributed by atoms with E-state index in [1.165, 1.54) is 11.3 Å². The van der Waals surface area contributed by atoms with Crippen LogP contribution in [0.5, 0.6) is 0 Å². The molecule has 14 heteroatoms. The summed E-state index contributed by atoms with van der Waals surface area (Å²) in [5.41, 5.74) is 0.152. The highest BCUT2D eigenvalue weighted by Crippen LogP contribution is 2.30. The minimum Gasteiger partial charge on any atom is -0.379 e. The van der Waals surface area contributed by atoms with E-state index in [2.05, 4.69) is 28.8 Å². The van der Waals surface area contributed by atoms with Crippen LogP contribution in [0.4, 0.5) is 0 Å². The Kier molecular flexibility index (Phi) is 15.9. The first-order valence-electron chi connectivity index (χ1n) is 17.5. The maximum absolute atomic E-state index is 14.1. The van der Waals surface area contributed by atoms with Crippen LogP contribution in [0, 0.1) is 11.8 Å². The highest BCUT2D eigenvalue weighted by atomic mass is 32.1. The number of methoxy groups -OCH3 is 2. The lowest BCUT2D eigenvalue weighted by Gasteiger charge is -2.39. The van der Waals surface area contributed by atoms with Crippen molar-refractivity contribution >= 4 is 42.9 Å². The first-order chi connectivity index (χ1) is 23.8. The van der Waals surface area contributed by atoms with E-state index in [9.17, 15) is 19.2 Å². The molecule has 0 bridgehead atoms. The van der Waals surface area contributed by atoms with Gasteiger partial charge >= 0.3 is 0 Å². The van der Waals surface area contributed by atoms with Crippen LogP contribution in [0.2, 0.25) is 0 Å². The molecule has 0 spiro atoms. The van der Waals surface area contributed by atoms with Gasteiger partial charge in [-0.1, -0.05) is 57.5 Å². The van der Waals surface area contributed by atoms with Crippen molar-refractivity contribution in [1.82, 2.24) is 30.6 Å². The lowest BCUT2D eigenvalue weighted by atomic mass is 9.90. The van der Waals surface area contributed by atoms with E-state index in [4.69, 9.17) is 9.47 Å². The third-order valence-electron chi connectivity index (χ3n) is 10.1. The zero-order valence-electron chi connectivity index (χ0n) is 30.9. The Bertz CT molecular complexity index is 1380. The van der Waals surface area contributed by atoms with Gasteiger partial charge in [-0.05, 0) is 44.6 Å². The van der Waals surface area contributed by atoms with Crippen molar-refractivity contribution in [2.75, 3.05) is 34.4 Å². The van der Waals surface area contributed by atoms with Gasteiger partial charge in [0.25, 0.3) is 0 Å². The van der Waals surface area contributed by atoms with Crippen molar-refractivity contribution in [1.29, 1.82) is 0 Å². The molecule has 2 heterocycles. The number of hydrogen-bond donors (Lipinski definition) is 3. The molecule has 1 fully saturated rings. The molecule has 4 unspecified atom stereocenters. The number of rotatable bonds is 19. The minimum atomic E-state index is -0.938. The molecule has 275 valence electrons. The third kappa shape index (κ3) is 10.6. The number of benzene rings is 1. The number of carbonyl (C=O) groups excluding carboxylic acids is 4. The van der Waals surface area contributed by atoms with Gasteiger partial charge in [-0.3, -0.25) is 19.2 Å². The summed E-state index contributed by atoms with van der Waals surface area (Å²) in [5.74, 6) is -1.48. The zero-order valence-corrected chi connectivity index (χ0v) is 31.8. The average Bonchev–Trinajstić information content (AvgIpc) is 3.84. The maximum Gasteiger partial charge on any atom is 0.242 e. The summed E-state index contributed by atoms with van der Waals surface area (Å²) < 4.78 is 11.9. The molecular weight excluding hydrogens is 655 g/mol. The van der Waals surface area contributed by atoms with Gasteiger partial charge in [0.1, 0.15) is 5.01 Å². The topological polar surface area (TPSA) is 142 Å². The molecule has 0 saturated carbocycles. The second kappa shape index (κ2) is 19.3. The van der Waals surface area contributed by atoms with Gasteiger partial charge in [-0.25, -0.2) is 4.98 Å². The smallest absolute Gasteiger partial charge is 0.242 e. The molecule has 3 N–H and O–H groups in total. The van der Waals surface area contributed by atoms with Crippen LogP contribution < -0.4 is 15.9 Å². The van der Waals surface area contributed by atoms with Gasteiger partial charge in [0.15, 0.2) is 7.98 Å². The largest absolute Gasteiger partial charge is 0.379 e. The molecular formula is C36H56BN6O6S. The van der Waals surface area contributed by atoms with Crippen molar-refractivity contribution in [2.24, 2.45) is 11.8 Å². The van der Waals surface area contributed by atoms with E-state index in [0.717, 1.165) is 23.4 Å². The molecule has 1 saturated heterocycles. The maximum atomic E-state index is 14.1. The highest BCUT2D eigenvalue weighted by Gasteiger charge is 2.42. The highest BCUT2D eigenvalue weighted by molar-refractivity contribution is 7.09. The summed E-state index contributed by atoms with van der Waals surface area (Å²) >= 11 is 1.50. The number of likely N-dealkylation sites (N-methyl/N-ethyl adjacent to an activating group) is 1. The van der Waals surface area contributed by atoms with E-state index < -0.39 is 29.7 Å². The summed E-state index contributed by atoms with van der Waals surface area (Å²) in [6.07, 6.45) is 3.48. The molecule has 1 radical (unpaired) electrons. The van der Waals surface area contributed by atoms with Crippen LogP contribution in [0.15, 0.2) is 41.9 Å². The molecule has 0 aliphatic carbocycles. The number of hydrogen-bond acceptors (Lipinski definition) is 9. The predicted octanol–water partition coefficient (Wildman–Crippen LogP) is 2.76. The molecule has 4 amide bonds. The number of ether oxygens (including phenoxy) is 2. The number of carbonyl (C=O) groups is 4. The first kappa shape index (κ1) is 41.1. The Balaban J connectivity index is 1.72. The van der Waals surface area contributed by atoms with Crippen molar-refractivity contribution in [3.8, 4) is 0 Å². The minimum absolute atomic E-state index is 0.00170. The van der Waals surface area contributed by atoms with Crippen molar-refractivity contribution < 1.29 is 28.7 Å². The summed E-state index contributed by atoms with van der Waals surface area (Å²) in [6, 6.07) is 8.95. The third-order valence-corrected chi connectivity index (χ3v) is 11.0. The van der Waals surface area contributed by atoms with E-state index in [-0.39, 0.29) is 54.6 Å². The molecule has 1 aromatic carbocycles. The van der Waals surface area contributed by atoms with Gasteiger partial charge in [-0.2, -0.15) is 0 Å². The fraction of sp³-hybridized carbons (Fsp3) is 0.639. The summed E-state index contributed by atoms with van der Waals surface area (Å²) in [5, 5.41) is 11.3. The number of nitrogens with one attached hydrogen (secondary N) is 3. The molecule has 1 aromatic heterocycles. The fourth-order valence-electron chi connectivity index (χ4n) is 6.67. The molecule has 7 atom stereocenters. The van der Waals surface area contributed by atoms with Crippen LogP contribution >= 0.6 is 11.3 Å². The van der Waals surface area contributed by atoms with Gasteiger partial charge in [0, 0.05) is 39.4 Å². The van der Waals surface area contributed by atoms with Crippen LogP contribution in [0.1, 0.15) is 76.9 Å². The lowest BCUT2D eigenvalue weighted by Crippen LogP contribution is -2.56. The van der Waals surface area contributed by atoms with Crippen LogP contribution in [-0.4, -0.2) is 111 Å². The van der Waals surface area contributed by atoms with E-state index >= 15 is 0 Å². The van der Waals surface area contributed by atoms with E-state index in [0.29, 0.717) is 19.4 Å². The monoisotopic (exact) mass is 711 g/mol. The Morgan fingerprint density at radius 3 is 2.42 bits per heavy atom. The molecule has 3 rings (SSSR count). The average molecular weight is 712 g/mol. The number of aromatic nitrogens is 1. The van der Waals surface area contributed by atoms with Gasteiger partial charge < -0.3 is 35.1 Å². The SMILES string of the molecule is [BH]NC(C)(C)C(=O)NCC(=O)N(C)C(C(C)CC)C(CC(=O)N1CCC[C@H]1[C@H](OC)C(C)C(=O)N[C@@H](Cc1ccccc1)c1nccs1)OC. The van der Waals surface area contributed by atoms with Crippen LogP contribution in [0.3, 0.4) is 0 Å². The lowest BCUT2D eigenvalue weighted by molar-refractivity contribution is -0.146. The standard InChI is InChI=1S/C36H56BN6O6S/c1-9-23(2)31(42(6)30(45)22-39-35(47)36(4,5)41-37)28(48-7)21-29(44)43-18-13-16-27(43)32(49-8)24(3)33(46)40-26(34-38-17-19-50-34)20-25-14-11-10-12-15-25/h10-12,14-15,17,19,23-24,26-28,31-32,37,41H,9,13,16,18,20-22H2,1-8H3,(H,39,47)(H,40,46)/t23?,24?,26-,27-,28?,31?,32+/m0/s1. The summed E-state index contributed by atoms with van der Waals surface area (Å²) in [4.78, 5) is 61.6. The predicted molar refractivity (Wildman–Crippen MR) is 197 cm³/mol. The van der Waals surface area contributed by atoms with Crippen molar-refractivity contribution in [3.63, 3.8) is 0 Å². The number of amides is 4. The van der Waals surface area contributed by atoms with Crippen molar-refractivity contribution in [3.05, 3.63) is 52.5 Å². The number of nitrogens with zero attached hydrogens (tertiary/aromatic N) is 3. The normalized spacial score (nSPS) is 18.4. The van der Waals surface area contributed by atoms with E-state index in [1.54, 1.807) is 46.2 Å². The van der Waals surface area contributed by atoms with E-state index in [1.807, 2.05) is 61.4 Å².